The van der Waals surface area contributed by atoms with Crippen molar-refractivity contribution in [3.8, 4) is 0 Å². The summed E-state index contributed by atoms with van der Waals surface area (Å²) in [6.45, 7) is 7.70. The van der Waals surface area contributed by atoms with E-state index in [-0.39, 0.29) is 10.0 Å². The van der Waals surface area contributed by atoms with E-state index in [0.717, 1.165) is 36.2 Å². The van der Waals surface area contributed by atoms with Gasteiger partial charge in [-0.1, -0.05) is 11.3 Å². The van der Waals surface area contributed by atoms with Crippen LogP contribution in [0, 0.1) is 27.2 Å². The van der Waals surface area contributed by atoms with Gasteiger partial charge in [0.05, 0.1) is 21.2 Å². The van der Waals surface area contributed by atoms with Crippen molar-refractivity contribution >= 4 is 59.9 Å². The summed E-state index contributed by atoms with van der Waals surface area (Å²) >= 11 is 1.68. The van der Waals surface area contributed by atoms with Gasteiger partial charge in [-0.25, -0.2) is 4.98 Å². The van der Waals surface area contributed by atoms with Crippen molar-refractivity contribution in [1.82, 2.24) is 4.98 Å². The molecule has 0 atom stereocenters. The molecule has 0 amide bonds. The van der Waals surface area contributed by atoms with Crippen LogP contribution in [0.15, 0.2) is 50.8 Å². The second-order valence-electron chi connectivity index (χ2n) is 6.26. The molecule has 3 rings (SSSR count). The van der Waals surface area contributed by atoms with Crippen molar-refractivity contribution in [1.29, 1.82) is 0 Å². The Labute approximate surface area is 190 Å². The first kappa shape index (κ1) is 23.0. The highest BCUT2D eigenvalue weighted by atomic mass is 32.1. The Kier molecular flexibility index (Phi) is 7.27. The van der Waals surface area contributed by atoms with Crippen molar-refractivity contribution in [2.45, 2.75) is 20.8 Å². The number of azo groups is 2. The molecule has 0 bridgehead atoms. The Hall–Kier alpha value is -3.65. The number of nitrogens with zero attached hydrogens (tertiary/aromatic N) is 8. The van der Waals surface area contributed by atoms with E-state index in [1.54, 1.807) is 6.92 Å². The van der Waals surface area contributed by atoms with Crippen molar-refractivity contribution in [3.63, 3.8) is 0 Å². The van der Waals surface area contributed by atoms with Crippen LogP contribution >= 0.6 is 22.7 Å². The van der Waals surface area contributed by atoms with Gasteiger partial charge in [0, 0.05) is 18.8 Å². The molecule has 166 valence electrons. The second-order valence-corrected chi connectivity index (χ2v) is 8.23. The fourth-order valence-electron chi connectivity index (χ4n) is 2.67. The van der Waals surface area contributed by atoms with Crippen LogP contribution in [0.2, 0.25) is 0 Å². The van der Waals surface area contributed by atoms with Crippen LogP contribution < -0.4 is 4.90 Å². The van der Waals surface area contributed by atoms with Gasteiger partial charge in [-0.2, -0.15) is 0 Å². The summed E-state index contributed by atoms with van der Waals surface area (Å²) in [6, 6.07) is 8.54. The van der Waals surface area contributed by atoms with Gasteiger partial charge in [-0.15, -0.1) is 20.5 Å². The zero-order valence-corrected chi connectivity index (χ0v) is 19.0. The largest absolute Gasteiger partial charge is 0.372 e. The van der Waals surface area contributed by atoms with Crippen molar-refractivity contribution < 1.29 is 9.85 Å². The van der Waals surface area contributed by atoms with Gasteiger partial charge in [-0.05, 0) is 56.4 Å². The molecule has 0 saturated heterocycles. The summed E-state index contributed by atoms with van der Waals surface area (Å²) in [4.78, 5) is 27.0. The molecule has 0 fully saturated rings. The Morgan fingerprint density at radius 2 is 1.59 bits per heavy atom. The zero-order chi connectivity index (χ0) is 23.3. The van der Waals surface area contributed by atoms with Gasteiger partial charge in [0.2, 0.25) is 10.1 Å². The van der Waals surface area contributed by atoms with Crippen LogP contribution in [0.25, 0.3) is 0 Å². The molecule has 2 heterocycles. The second kappa shape index (κ2) is 10.1. The predicted octanol–water partition coefficient (Wildman–Crippen LogP) is 7.01. The highest BCUT2D eigenvalue weighted by molar-refractivity contribution is 7.19. The minimum atomic E-state index is -0.734. The molecule has 0 spiro atoms. The first-order valence-electron chi connectivity index (χ1n) is 9.40. The van der Waals surface area contributed by atoms with Crippen LogP contribution in [-0.4, -0.2) is 27.9 Å². The molecular weight excluding hydrogens is 456 g/mol. The number of nitro groups is 2. The van der Waals surface area contributed by atoms with Gasteiger partial charge in [0.25, 0.3) is 0 Å². The molecule has 3 aromatic rings. The first-order valence-corrected chi connectivity index (χ1v) is 11.0. The molecule has 2 aromatic heterocycles. The Morgan fingerprint density at radius 1 is 0.938 bits per heavy atom. The number of thiazole rings is 1. The number of benzene rings is 1. The average molecular weight is 475 g/mol. The maximum atomic E-state index is 11.1. The molecule has 32 heavy (non-hydrogen) atoms. The number of hydrogen-bond donors (Lipinski definition) is 0. The van der Waals surface area contributed by atoms with E-state index in [9.17, 15) is 20.2 Å². The minimum absolute atomic E-state index is 0.161. The van der Waals surface area contributed by atoms with E-state index in [0.29, 0.717) is 32.9 Å². The number of thiophene rings is 1. The summed E-state index contributed by atoms with van der Waals surface area (Å²) in [6.07, 6.45) is 0. The van der Waals surface area contributed by atoms with Gasteiger partial charge in [0.1, 0.15) is 6.07 Å². The fourth-order valence-corrected chi connectivity index (χ4v) is 4.15. The molecule has 0 aliphatic carbocycles. The van der Waals surface area contributed by atoms with E-state index in [1.807, 2.05) is 24.3 Å². The van der Waals surface area contributed by atoms with E-state index in [1.165, 1.54) is 0 Å². The van der Waals surface area contributed by atoms with E-state index >= 15 is 0 Å². The van der Waals surface area contributed by atoms with E-state index in [4.69, 9.17) is 0 Å². The molecule has 0 radical (unpaired) electrons. The quantitative estimate of drug-likeness (QED) is 0.185. The van der Waals surface area contributed by atoms with E-state index in [2.05, 4.69) is 44.2 Å². The fraction of sp³-hybridized carbons (Fsp3) is 0.278. The SMILES string of the molecule is CCN(CC)c1ccc(N=Nc2nc(C)c(/N=N/c3sc([N+](=O)[O-])cc3[N+](=O)[O-])s2)cc1. The van der Waals surface area contributed by atoms with Crippen molar-refractivity contribution in [2.24, 2.45) is 20.5 Å². The summed E-state index contributed by atoms with van der Waals surface area (Å²) in [5, 5.41) is 38.3. The monoisotopic (exact) mass is 474 g/mol. The van der Waals surface area contributed by atoms with Crippen LogP contribution in [-0.2, 0) is 0 Å². The number of hydrogen-bond acceptors (Lipinski definition) is 12. The van der Waals surface area contributed by atoms with Crippen LogP contribution in [0.4, 0.5) is 37.2 Å². The zero-order valence-electron chi connectivity index (χ0n) is 17.3. The highest BCUT2D eigenvalue weighted by Gasteiger charge is 2.25. The maximum absolute atomic E-state index is 11.1. The lowest BCUT2D eigenvalue weighted by molar-refractivity contribution is -0.389. The van der Waals surface area contributed by atoms with Gasteiger partial charge >= 0.3 is 10.7 Å². The number of anilines is 1. The highest BCUT2D eigenvalue weighted by Crippen LogP contribution is 2.43. The van der Waals surface area contributed by atoms with Gasteiger partial charge in [0.15, 0.2) is 5.00 Å². The smallest absolute Gasteiger partial charge is 0.333 e. The van der Waals surface area contributed by atoms with Crippen molar-refractivity contribution in [2.75, 3.05) is 18.0 Å². The van der Waals surface area contributed by atoms with Gasteiger partial charge in [-0.3, -0.25) is 20.2 Å². The lowest BCUT2D eigenvalue weighted by Gasteiger charge is -2.20. The molecule has 0 unspecified atom stereocenters. The third-order valence-electron chi connectivity index (χ3n) is 4.28. The maximum Gasteiger partial charge on any atom is 0.333 e. The first-order chi connectivity index (χ1) is 15.3. The third kappa shape index (κ3) is 5.33. The standard InChI is InChI=1S/C18H18N8O4S2/c1-4-24(5-2)13-8-6-12(7-9-13)20-23-18-19-11(3)16(32-18)21-22-17-14(25(27)28)10-15(31-17)26(29)30/h6-10H,4-5H2,1-3H3/b22-21+,23-20?. The summed E-state index contributed by atoms with van der Waals surface area (Å²) in [7, 11) is 0. The topological polar surface area (TPSA) is 152 Å². The Morgan fingerprint density at radius 3 is 2.19 bits per heavy atom. The molecule has 14 heteroatoms. The lowest BCUT2D eigenvalue weighted by Crippen LogP contribution is -2.21. The van der Waals surface area contributed by atoms with Crippen LogP contribution in [0.5, 0.6) is 0 Å². The number of aromatic nitrogens is 1. The summed E-state index contributed by atoms with van der Waals surface area (Å²) < 4.78 is 0. The Balaban J connectivity index is 1.77. The summed E-state index contributed by atoms with van der Waals surface area (Å²) in [5.41, 5.74) is 1.81. The number of aryl methyl sites for hydroxylation is 1. The normalized spacial score (nSPS) is 11.5. The number of rotatable bonds is 9. The minimum Gasteiger partial charge on any atom is -0.372 e. The van der Waals surface area contributed by atoms with Crippen LogP contribution in [0.3, 0.4) is 0 Å². The molecule has 1 aromatic carbocycles. The van der Waals surface area contributed by atoms with Gasteiger partial charge < -0.3 is 4.90 Å². The Bertz CT molecular complexity index is 1180. The molecular formula is C18H18N8O4S2. The molecule has 0 N–H and O–H groups in total. The summed E-state index contributed by atoms with van der Waals surface area (Å²) in [5.74, 6) is 0. The lowest BCUT2D eigenvalue weighted by atomic mass is 10.2. The van der Waals surface area contributed by atoms with Crippen molar-refractivity contribution in [3.05, 3.63) is 56.3 Å². The van der Waals surface area contributed by atoms with Crippen LogP contribution in [0.1, 0.15) is 19.5 Å². The van der Waals surface area contributed by atoms with E-state index < -0.39 is 15.5 Å². The molecule has 0 aliphatic rings. The average Bonchev–Trinajstić information content (AvgIpc) is 3.36. The molecule has 0 aliphatic heterocycles. The molecule has 0 saturated carbocycles. The third-order valence-corrected chi connectivity index (χ3v) is 6.17. The molecule has 12 nitrogen and oxygen atoms in total. The predicted molar refractivity (Wildman–Crippen MR) is 123 cm³/mol.